The fourth-order valence-corrected chi connectivity index (χ4v) is 3.08. The number of carboxylic acid groups (broad SMARTS) is 1. The summed E-state index contributed by atoms with van der Waals surface area (Å²) in [6, 6.07) is 14.4. The Morgan fingerprint density at radius 2 is 1.88 bits per heavy atom. The number of nitrogens with zero attached hydrogens (tertiary/aromatic N) is 2. The number of carbonyl (C=O) groups excluding carboxylic acids is 1. The van der Waals surface area contributed by atoms with Crippen LogP contribution < -0.4 is 16.0 Å². The number of para-hydroxylation sites is 2. The van der Waals surface area contributed by atoms with Crippen LogP contribution in [-0.4, -0.2) is 48.2 Å². The Hall–Kier alpha value is -3.22. The molecule has 1 saturated heterocycles. The van der Waals surface area contributed by atoms with Crippen molar-refractivity contribution in [2.24, 2.45) is 0 Å². The van der Waals surface area contributed by atoms with Gasteiger partial charge in [0, 0.05) is 31.4 Å². The zero-order chi connectivity index (χ0) is 18.7. The first-order valence-corrected chi connectivity index (χ1v) is 8.42. The van der Waals surface area contributed by atoms with Gasteiger partial charge in [-0.05, 0) is 42.8 Å². The van der Waals surface area contributed by atoms with Crippen LogP contribution in [0.2, 0.25) is 0 Å². The van der Waals surface area contributed by atoms with Crippen LogP contribution >= 0.6 is 0 Å². The highest BCUT2D eigenvalue weighted by Crippen LogP contribution is 2.24. The molecule has 0 unspecified atom stereocenters. The van der Waals surface area contributed by atoms with Crippen LogP contribution in [0.1, 0.15) is 16.8 Å². The van der Waals surface area contributed by atoms with E-state index in [1.165, 1.54) is 4.90 Å². The summed E-state index contributed by atoms with van der Waals surface area (Å²) in [6.07, 6.45) is -0.123. The summed E-state index contributed by atoms with van der Waals surface area (Å²) in [5, 5.41) is 11.9. The van der Waals surface area contributed by atoms with Crippen molar-refractivity contribution in [2.75, 3.05) is 36.1 Å². The van der Waals surface area contributed by atoms with E-state index in [4.69, 9.17) is 10.8 Å². The normalized spacial score (nSPS) is 16.3. The molecule has 4 N–H and O–H groups in total. The van der Waals surface area contributed by atoms with Gasteiger partial charge in [0.15, 0.2) is 0 Å². The molecular formula is C19H22N4O3. The number of nitrogens with one attached hydrogen (secondary N) is 1. The maximum atomic E-state index is 12.4. The molecular weight excluding hydrogens is 332 g/mol. The molecule has 0 saturated carbocycles. The third kappa shape index (κ3) is 3.72. The molecule has 3 rings (SSSR count). The standard InChI is InChI=1S/C19H22N4O3/c1-22(19(25)26)15-10-11-23(12-15)14-8-6-13(7-9-14)18(24)21-17-5-3-2-4-16(17)20/h2-9,15H,10-12,20H2,1H3,(H,21,24)(H,25,26)/t15-/m0/s1. The lowest BCUT2D eigenvalue weighted by molar-refractivity contribution is 0.102. The van der Waals surface area contributed by atoms with Crippen LogP contribution in [0.3, 0.4) is 0 Å². The van der Waals surface area contributed by atoms with E-state index in [1.807, 2.05) is 24.3 Å². The number of carbonyl (C=O) groups is 2. The van der Waals surface area contributed by atoms with Crippen LogP contribution in [0.25, 0.3) is 0 Å². The second-order valence-electron chi connectivity index (χ2n) is 6.37. The van der Waals surface area contributed by atoms with E-state index >= 15 is 0 Å². The van der Waals surface area contributed by atoms with E-state index in [9.17, 15) is 9.59 Å². The number of hydrogen-bond acceptors (Lipinski definition) is 4. The third-order valence-corrected chi connectivity index (χ3v) is 4.72. The van der Waals surface area contributed by atoms with Gasteiger partial charge < -0.3 is 26.0 Å². The van der Waals surface area contributed by atoms with Crippen molar-refractivity contribution >= 4 is 29.1 Å². The molecule has 7 heteroatoms. The molecule has 2 aromatic carbocycles. The molecule has 0 spiro atoms. The van der Waals surface area contributed by atoms with Crippen molar-refractivity contribution in [3.05, 3.63) is 54.1 Å². The Bertz CT molecular complexity index is 807. The van der Waals surface area contributed by atoms with Crippen molar-refractivity contribution in [3.63, 3.8) is 0 Å². The van der Waals surface area contributed by atoms with Gasteiger partial charge in [0.2, 0.25) is 0 Å². The average Bonchev–Trinajstić information content (AvgIpc) is 3.13. The van der Waals surface area contributed by atoms with E-state index in [-0.39, 0.29) is 11.9 Å². The minimum absolute atomic E-state index is 0.0171. The molecule has 0 aromatic heterocycles. The maximum absolute atomic E-state index is 12.4. The fraction of sp³-hybridized carbons (Fsp3) is 0.263. The number of nitrogen functional groups attached to an aromatic ring is 1. The molecule has 1 atom stereocenters. The fourth-order valence-electron chi connectivity index (χ4n) is 3.08. The second kappa shape index (κ2) is 7.35. The molecule has 1 fully saturated rings. The molecule has 7 nitrogen and oxygen atoms in total. The quantitative estimate of drug-likeness (QED) is 0.733. The minimum atomic E-state index is -0.913. The van der Waals surface area contributed by atoms with Crippen molar-refractivity contribution in [2.45, 2.75) is 12.5 Å². The zero-order valence-electron chi connectivity index (χ0n) is 14.6. The van der Waals surface area contributed by atoms with Crippen molar-refractivity contribution in [3.8, 4) is 0 Å². The zero-order valence-corrected chi connectivity index (χ0v) is 14.6. The van der Waals surface area contributed by atoms with E-state index in [1.54, 1.807) is 31.3 Å². The third-order valence-electron chi connectivity index (χ3n) is 4.72. The van der Waals surface area contributed by atoms with Crippen LogP contribution in [0.4, 0.5) is 21.9 Å². The van der Waals surface area contributed by atoms with E-state index in [0.29, 0.717) is 23.5 Å². The molecule has 0 bridgehead atoms. The summed E-state index contributed by atoms with van der Waals surface area (Å²) >= 11 is 0. The van der Waals surface area contributed by atoms with Gasteiger partial charge in [-0.25, -0.2) is 4.79 Å². The smallest absolute Gasteiger partial charge is 0.407 e. The molecule has 2 aromatic rings. The summed E-state index contributed by atoms with van der Waals surface area (Å²) in [4.78, 5) is 26.9. The lowest BCUT2D eigenvalue weighted by Gasteiger charge is -2.23. The highest BCUT2D eigenvalue weighted by Gasteiger charge is 2.28. The Balaban J connectivity index is 1.65. The Morgan fingerprint density at radius 1 is 1.19 bits per heavy atom. The predicted octanol–water partition coefficient (Wildman–Crippen LogP) is 2.71. The molecule has 2 amide bonds. The van der Waals surface area contributed by atoms with E-state index in [0.717, 1.165) is 18.7 Å². The highest BCUT2D eigenvalue weighted by atomic mass is 16.4. The SMILES string of the molecule is CN(C(=O)O)[C@H]1CCN(c2ccc(C(=O)Nc3ccccc3N)cc2)C1. The second-order valence-corrected chi connectivity index (χ2v) is 6.37. The Labute approximate surface area is 152 Å². The van der Waals surface area contributed by atoms with E-state index < -0.39 is 6.09 Å². The van der Waals surface area contributed by atoms with Crippen LogP contribution in [0.5, 0.6) is 0 Å². The number of benzene rings is 2. The first kappa shape index (κ1) is 17.6. The summed E-state index contributed by atoms with van der Waals surface area (Å²) < 4.78 is 0. The van der Waals surface area contributed by atoms with Crippen LogP contribution in [0, 0.1) is 0 Å². The number of anilines is 3. The number of rotatable bonds is 4. The lowest BCUT2D eigenvalue weighted by Crippen LogP contribution is -2.38. The average molecular weight is 354 g/mol. The Morgan fingerprint density at radius 3 is 2.54 bits per heavy atom. The first-order valence-electron chi connectivity index (χ1n) is 8.42. The number of amides is 2. The van der Waals surface area contributed by atoms with Gasteiger partial charge >= 0.3 is 6.09 Å². The molecule has 1 aliphatic rings. The number of hydrogen-bond donors (Lipinski definition) is 3. The predicted molar refractivity (Wildman–Crippen MR) is 102 cm³/mol. The van der Waals surface area contributed by atoms with Gasteiger partial charge in [0.25, 0.3) is 5.91 Å². The van der Waals surface area contributed by atoms with Crippen LogP contribution in [-0.2, 0) is 0 Å². The van der Waals surface area contributed by atoms with E-state index in [2.05, 4.69) is 10.2 Å². The molecule has 0 aliphatic carbocycles. The van der Waals surface area contributed by atoms with Gasteiger partial charge in [0.05, 0.1) is 17.4 Å². The molecule has 0 radical (unpaired) electrons. The summed E-state index contributed by atoms with van der Waals surface area (Å²) in [5.74, 6) is -0.223. The number of nitrogens with two attached hydrogens (primary N) is 1. The van der Waals surface area contributed by atoms with Gasteiger partial charge in [-0.15, -0.1) is 0 Å². The monoisotopic (exact) mass is 354 g/mol. The largest absolute Gasteiger partial charge is 0.465 e. The van der Waals surface area contributed by atoms with Gasteiger partial charge in [0.1, 0.15) is 0 Å². The van der Waals surface area contributed by atoms with Gasteiger partial charge in [-0.3, -0.25) is 4.79 Å². The number of likely N-dealkylation sites (N-methyl/N-ethyl adjacent to an activating group) is 1. The van der Waals surface area contributed by atoms with Gasteiger partial charge in [-0.2, -0.15) is 0 Å². The minimum Gasteiger partial charge on any atom is -0.465 e. The maximum Gasteiger partial charge on any atom is 0.407 e. The summed E-state index contributed by atoms with van der Waals surface area (Å²) in [5.41, 5.74) is 8.46. The van der Waals surface area contributed by atoms with Crippen molar-refractivity contribution in [1.29, 1.82) is 0 Å². The van der Waals surface area contributed by atoms with Crippen molar-refractivity contribution < 1.29 is 14.7 Å². The summed E-state index contributed by atoms with van der Waals surface area (Å²) in [7, 11) is 1.60. The van der Waals surface area contributed by atoms with Gasteiger partial charge in [-0.1, -0.05) is 12.1 Å². The van der Waals surface area contributed by atoms with Crippen molar-refractivity contribution in [1.82, 2.24) is 4.90 Å². The highest BCUT2D eigenvalue weighted by molar-refractivity contribution is 6.05. The topological polar surface area (TPSA) is 98.9 Å². The molecule has 26 heavy (non-hydrogen) atoms. The lowest BCUT2D eigenvalue weighted by atomic mass is 10.1. The molecule has 1 heterocycles. The Kier molecular flexibility index (Phi) is 4.97. The molecule has 1 aliphatic heterocycles. The summed E-state index contributed by atoms with van der Waals surface area (Å²) in [6.45, 7) is 1.43. The van der Waals surface area contributed by atoms with Crippen LogP contribution in [0.15, 0.2) is 48.5 Å². The molecule has 136 valence electrons. The first-order chi connectivity index (χ1) is 12.5.